The van der Waals surface area contributed by atoms with Gasteiger partial charge >= 0.3 is 0 Å². The van der Waals surface area contributed by atoms with E-state index in [1.54, 1.807) is 18.2 Å². The number of ketones is 1. The Morgan fingerprint density at radius 3 is 2.58 bits per heavy atom. The first-order valence-electron chi connectivity index (χ1n) is 3.59. The van der Waals surface area contributed by atoms with Gasteiger partial charge in [0.2, 0.25) is 0 Å². The molecule has 1 atom stereocenters. The number of aliphatic hydroxyl groups is 1. The number of carbonyl (C=O) groups excluding carboxylic acids is 1. The predicted molar refractivity (Wildman–Crippen MR) is 50.2 cm³/mol. The largest absolute Gasteiger partial charge is 0.385 e. The molecule has 2 nitrogen and oxygen atoms in total. The minimum absolute atomic E-state index is 0.262. The van der Waals surface area contributed by atoms with E-state index in [0.717, 1.165) is 4.47 Å². The Bertz CT molecular complexity index is 294. The van der Waals surface area contributed by atoms with Crippen molar-refractivity contribution < 1.29 is 9.90 Å². The topological polar surface area (TPSA) is 37.3 Å². The van der Waals surface area contributed by atoms with E-state index in [9.17, 15) is 4.79 Å². The molecule has 0 fully saturated rings. The van der Waals surface area contributed by atoms with Crippen molar-refractivity contribution in [3.05, 3.63) is 34.3 Å². The lowest BCUT2D eigenvalue weighted by Crippen LogP contribution is -2.16. The SMILES string of the molecule is C[C@@H](O)C(=O)c1ccccc1Br. The molecule has 0 aliphatic heterocycles. The lowest BCUT2D eigenvalue weighted by atomic mass is 10.1. The van der Waals surface area contributed by atoms with E-state index in [4.69, 9.17) is 5.11 Å². The second kappa shape index (κ2) is 3.83. The summed E-state index contributed by atoms with van der Waals surface area (Å²) in [7, 11) is 0. The van der Waals surface area contributed by atoms with Gasteiger partial charge in [0.1, 0.15) is 6.10 Å². The number of carbonyl (C=O) groups is 1. The van der Waals surface area contributed by atoms with Crippen molar-refractivity contribution in [1.29, 1.82) is 0 Å². The number of rotatable bonds is 2. The maximum atomic E-state index is 11.3. The fourth-order valence-corrected chi connectivity index (χ4v) is 1.37. The molecule has 0 aromatic heterocycles. The van der Waals surface area contributed by atoms with Crippen LogP contribution in [0.1, 0.15) is 17.3 Å². The maximum absolute atomic E-state index is 11.3. The summed E-state index contributed by atoms with van der Waals surface area (Å²) < 4.78 is 0.718. The van der Waals surface area contributed by atoms with Crippen molar-refractivity contribution >= 4 is 21.7 Å². The Balaban J connectivity index is 3.03. The highest BCUT2D eigenvalue weighted by Gasteiger charge is 2.13. The van der Waals surface area contributed by atoms with Crippen molar-refractivity contribution in [3.63, 3.8) is 0 Å². The molecule has 1 N–H and O–H groups in total. The first-order valence-corrected chi connectivity index (χ1v) is 4.39. The third-order valence-electron chi connectivity index (χ3n) is 1.52. The molecule has 0 saturated heterocycles. The summed E-state index contributed by atoms with van der Waals surface area (Å²) in [6.45, 7) is 1.46. The minimum atomic E-state index is -0.941. The van der Waals surface area contributed by atoms with Gasteiger partial charge in [0.25, 0.3) is 0 Å². The molecule has 0 amide bonds. The standard InChI is InChI=1S/C9H9BrO2/c1-6(11)9(12)7-4-2-3-5-8(7)10/h2-6,11H,1H3/t6-/m1/s1. The molecule has 0 bridgehead atoms. The van der Waals surface area contributed by atoms with Crippen LogP contribution in [0.15, 0.2) is 28.7 Å². The van der Waals surface area contributed by atoms with Crippen molar-refractivity contribution in [1.82, 2.24) is 0 Å². The molecule has 12 heavy (non-hydrogen) atoms. The molecule has 0 saturated carbocycles. The second-order valence-electron chi connectivity index (χ2n) is 2.52. The number of benzene rings is 1. The average molecular weight is 229 g/mol. The monoisotopic (exact) mass is 228 g/mol. The molecule has 0 aliphatic rings. The van der Waals surface area contributed by atoms with E-state index in [-0.39, 0.29) is 5.78 Å². The molecule has 0 spiro atoms. The summed E-state index contributed by atoms with van der Waals surface area (Å²) in [5.41, 5.74) is 0.521. The van der Waals surface area contributed by atoms with Crippen LogP contribution in [0, 0.1) is 0 Å². The summed E-state index contributed by atoms with van der Waals surface area (Å²) in [5.74, 6) is -0.262. The quantitative estimate of drug-likeness (QED) is 0.787. The Labute approximate surface area is 79.3 Å². The van der Waals surface area contributed by atoms with E-state index in [1.807, 2.05) is 6.07 Å². The van der Waals surface area contributed by atoms with Crippen LogP contribution in [-0.4, -0.2) is 17.0 Å². The Morgan fingerprint density at radius 1 is 1.50 bits per heavy atom. The van der Waals surface area contributed by atoms with E-state index >= 15 is 0 Å². The molecule has 0 aliphatic carbocycles. The number of hydrogen-bond donors (Lipinski definition) is 1. The summed E-state index contributed by atoms with van der Waals surface area (Å²) in [4.78, 5) is 11.3. The van der Waals surface area contributed by atoms with Gasteiger partial charge in [-0.25, -0.2) is 0 Å². The highest BCUT2D eigenvalue weighted by molar-refractivity contribution is 9.10. The van der Waals surface area contributed by atoms with Gasteiger partial charge in [0.05, 0.1) is 0 Å². The summed E-state index contributed by atoms with van der Waals surface area (Å²) in [6, 6.07) is 7.04. The van der Waals surface area contributed by atoms with Crippen LogP contribution in [0.5, 0.6) is 0 Å². The van der Waals surface area contributed by atoms with Gasteiger partial charge in [-0.15, -0.1) is 0 Å². The van der Waals surface area contributed by atoms with Gasteiger partial charge in [-0.05, 0) is 13.0 Å². The van der Waals surface area contributed by atoms with Gasteiger partial charge < -0.3 is 5.11 Å². The zero-order valence-corrected chi connectivity index (χ0v) is 8.21. The first kappa shape index (κ1) is 9.42. The predicted octanol–water partition coefficient (Wildman–Crippen LogP) is 2.01. The zero-order valence-electron chi connectivity index (χ0n) is 6.62. The lowest BCUT2D eigenvalue weighted by molar-refractivity contribution is 0.0778. The van der Waals surface area contributed by atoms with Crippen LogP contribution in [0.3, 0.4) is 0 Å². The van der Waals surface area contributed by atoms with Crippen LogP contribution >= 0.6 is 15.9 Å². The van der Waals surface area contributed by atoms with Gasteiger partial charge in [0.15, 0.2) is 5.78 Å². The smallest absolute Gasteiger partial charge is 0.192 e. The first-order chi connectivity index (χ1) is 5.63. The van der Waals surface area contributed by atoms with Gasteiger partial charge in [-0.3, -0.25) is 4.79 Å². The fourth-order valence-electron chi connectivity index (χ4n) is 0.886. The lowest BCUT2D eigenvalue weighted by Gasteiger charge is -2.04. The van der Waals surface area contributed by atoms with Crippen LogP contribution in [-0.2, 0) is 0 Å². The van der Waals surface area contributed by atoms with Crippen LogP contribution in [0.4, 0.5) is 0 Å². The summed E-state index contributed by atoms with van der Waals surface area (Å²) >= 11 is 3.23. The highest BCUT2D eigenvalue weighted by Crippen LogP contribution is 2.17. The molecular formula is C9H9BrO2. The van der Waals surface area contributed by atoms with Gasteiger partial charge in [-0.1, -0.05) is 34.1 Å². The van der Waals surface area contributed by atoms with Crippen LogP contribution < -0.4 is 0 Å². The molecule has 0 unspecified atom stereocenters. The van der Waals surface area contributed by atoms with Crippen molar-refractivity contribution in [2.75, 3.05) is 0 Å². The fraction of sp³-hybridized carbons (Fsp3) is 0.222. The molecule has 1 aromatic carbocycles. The Hall–Kier alpha value is -0.670. The normalized spacial score (nSPS) is 12.6. The number of halogens is 1. The van der Waals surface area contributed by atoms with E-state index in [1.165, 1.54) is 6.92 Å². The van der Waals surface area contributed by atoms with E-state index in [0.29, 0.717) is 5.56 Å². The Morgan fingerprint density at radius 2 is 2.08 bits per heavy atom. The number of hydrogen-bond acceptors (Lipinski definition) is 2. The molecule has 1 aromatic rings. The third kappa shape index (κ3) is 1.93. The third-order valence-corrected chi connectivity index (χ3v) is 2.21. The van der Waals surface area contributed by atoms with Crippen LogP contribution in [0.25, 0.3) is 0 Å². The highest BCUT2D eigenvalue weighted by atomic mass is 79.9. The molecular weight excluding hydrogens is 220 g/mol. The molecule has 64 valence electrons. The second-order valence-corrected chi connectivity index (χ2v) is 3.37. The van der Waals surface area contributed by atoms with Crippen molar-refractivity contribution in [2.45, 2.75) is 13.0 Å². The minimum Gasteiger partial charge on any atom is -0.385 e. The molecule has 0 radical (unpaired) electrons. The van der Waals surface area contributed by atoms with Crippen molar-refractivity contribution in [2.24, 2.45) is 0 Å². The van der Waals surface area contributed by atoms with E-state index < -0.39 is 6.10 Å². The number of aliphatic hydroxyl groups excluding tert-OH is 1. The number of Topliss-reactive ketones (excluding diaryl/α,β-unsaturated/α-hetero) is 1. The zero-order chi connectivity index (χ0) is 9.14. The summed E-state index contributed by atoms with van der Waals surface area (Å²) in [6.07, 6.45) is -0.941. The van der Waals surface area contributed by atoms with Crippen molar-refractivity contribution in [3.8, 4) is 0 Å². The average Bonchev–Trinajstić information content (AvgIpc) is 2.04. The molecule has 0 heterocycles. The maximum Gasteiger partial charge on any atom is 0.192 e. The van der Waals surface area contributed by atoms with Gasteiger partial charge in [0, 0.05) is 10.0 Å². The summed E-state index contributed by atoms with van der Waals surface area (Å²) in [5, 5.41) is 9.03. The van der Waals surface area contributed by atoms with Gasteiger partial charge in [-0.2, -0.15) is 0 Å². The van der Waals surface area contributed by atoms with Crippen LogP contribution in [0.2, 0.25) is 0 Å². The molecule has 3 heteroatoms. The Kier molecular flexibility index (Phi) is 3.00. The molecule has 1 rings (SSSR count). The van der Waals surface area contributed by atoms with E-state index in [2.05, 4.69) is 15.9 Å².